The molecule has 5 nitrogen and oxygen atoms in total. The molecular formula is C12H19N3O2. The maximum absolute atomic E-state index is 11.5. The van der Waals surface area contributed by atoms with Crippen LogP contribution in [0.1, 0.15) is 24.3 Å². The predicted molar refractivity (Wildman–Crippen MR) is 67.2 cm³/mol. The summed E-state index contributed by atoms with van der Waals surface area (Å²) < 4.78 is 0. The van der Waals surface area contributed by atoms with Crippen molar-refractivity contribution in [3.8, 4) is 0 Å². The summed E-state index contributed by atoms with van der Waals surface area (Å²) in [5.41, 5.74) is 0.824. The number of hydrogen-bond donors (Lipinski definition) is 2. The highest BCUT2D eigenvalue weighted by atomic mass is 16.3. The first-order valence-electron chi connectivity index (χ1n) is 5.45. The Morgan fingerprint density at radius 1 is 1.59 bits per heavy atom. The molecule has 2 N–H and O–H groups in total. The number of amides is 1. The van der Waals surface area contributed by atoms with E-state index in [0.717, 1.165) is 5.69 Å². The van der Waals surface area contributed by atoms with Gasteiger partial charge >= 0.3 is 0 Å². The van der Waals surface area contributed by atoms with Crippen molar-refractivity contribution in [2.24, 2.45) is 0 Å². The monoisotopic (exact) mass is 237 g/mol. The van der Waals surface area contributed by atoms with Crippen LogP contribution in [0.2, 0.25) is 0 Å². The molecule has 0 atom stereocenters. The maximum Gasteiger partial charge on any atom is 0.269 e. The Hall–Kier alpha value is -1.62. The van der Waals surface area contributed by atoms with Gasteiger partial charge in [-0.15, -0.1) is 0 Å². The summed E-state index contributed by atoms with van der Waals surface area (Å²) in [6.07, 6.45) is 1.59. The highest BCUT2D eigenvalue weighted by molar-refractivity contribution is 5.92. The summed E-state index contributed by atoms with van der Waals surface area (Å²) in [4.78, 5) is 17.4. The molecule has 1 heterocycles. The van der Waals surface area contributed by atoms with E-state index >= 15 is 0 Å². The van der Waals surface area contributed by atoms with Crippen LogP contribution in [0.3, 0.4) is 0 Å². The molecule has 0 aromatic carbocycles. The van der Waals surface area contributed by atoms with Crippen molar-refractivity contribution in [3.63, 3.8) is 0 Å². The SMILES string of the molecule is CNC(=O)c1cc(N(C)C(C)(C)CO)ccn1. The van der Waals surface area contributed by atoms with Gasteiger partial charge in [0, 0.05) is 26.0 Å². The average Bonchev–Trinajstić information content (AvgIpc) is 2.36. The summed E-state index contributed by atoms with van der Waals surface area (Å²) in [6.45, 7) is 3.88. The molecule has 0 saturated carbocycles. The van der Waals surface area contributed by atoms with Gasteiger partial charge in [-0.05, 0) is 26.0 Å². The second-order valence-electron chi connectivity index (χ2n) is 4.51. The minimum absolute atomic E-state index is 0.0289. The zero-order valence-electron chi connectivity index (χ0n) is 10.7. The van der Waals surface area contributed by atoms with E-state index in [4.69, 9.17) is 0 Å². The second-order valence-corrected chi connectivity index (χ2v) is 4.51. The summed E-state index contributed by atoms with van der Waals surface area (Å²) in [6, 6.07) is 3.51. The molecule has 1 aromatic heterocycles. The quantitative estimate of drug-likeness (QED) is 0.807. The Balaban J connectivity index is 3.03. The lowest BCUT2D eigenvalue weighted by molar-refractivity contribution is 0.0958. The first-order valence-corrected chi connectivity index (χ1v) is 5.45. The number of aliphatic hydroxyl groups is 1. The largest absolute Gasteiger partial charge is 0.394 e. The predicted octanol–water partition coefficient (Wildman–Crippen LogP) is 0.648. The number of aliphatic hydroxyl groups excluding tert-OH is 1. The molecule has 94 valence electrons. The van der Waals surface area contributed by atoms with Gasteiger partial charge < -0.3 is 15.3 Å². The van der Waals surface area contributed by atoms with E-state index in [2.05, 4.69) is 10.3 Å². The smallest absolute Gasteiger partial charge is 0.269 e. The Bertz CT molecular complexity index is 404. The molecule has 1 amide bonds. The molecule has 0 saturated heterocycles. The lowest BCUT2D eigenvalue weighted by atomic mass is 10.0. The van der Waals surface area contributed by atoms with Crippen molar-refractivity contribution < 1.29 is 9.90 Å². The van der Waals surface area contributed by atoms with Crippen LogP contribution in [0.5, 0.6) is 0 Å². The number of rotatable bonds is 4. The number of anilines is 1. The first kappa shape index (κ1) is 13.4. The van der Waals surface area contributed by atoms with E-state index in [1.54, 1.807) is 19.3 Å². The summed E-state index contributed by atoms with van der Waals surface area (Å²) >= 11 is 0. The van der Waals surface area contributed by atoms with Gasteiger partial charge in [-0.1, -0.05) is 0 Å². The van der Waals surface area contributed by atoms with E-state index in [0.29, 0.717) is 5.69 Å². The van der Waals surface area contributed by atoms with Gasteiger partial charge in [0.25, 0.3) is 5.91 Å². The Kier molecular flexibility index (Phi) is 4.07. The van der Waals surface area contributed by atoms with Gasteiger partial charge in [0.1, 0.15) is 5.69 Å². The third-order valence-corrected chi connectivity index (χ3v) is 2.89. The van der Waals surface area contributed by atoms with Crippen molar-refractivity contribution in [1.82, 2.24) is 10.3 Å². The van der Waals surface area contributed by atoms with E-state index in [9.17, 15) is 9.90 Å². The van der Waals surface area contributed by atoms with E-state index < -0.39 is 0 Å². The Morgan fingerprint density at radius 2 is 2.24 bits per heavy atom. The average molecular weight is 237 g/mol. The molecule has 0 aliphatic carbocycles. The van der Waals surface area contributed by atoms with Gasteiger partial charge in [0.2, 0.25) is 0 Å². The summed E-state index contributed by atoms with van der Waals surface area (Å²) in [7, 11) is 3.44. The van der Waals surface area contributed by atoms with Crippen LogP contribution in [-0.4, -0.2) is 42.2 Å². The zero-order valence-corrected chi connectivity index (χ0v) is 10.7. The van der Waals surface area contributed by atoms with Crippen LogP contribution >= 0.6 is 0 Å². The molecule has 0 radical (unpaired) electrons. The van der Waals surface area contributed by atoms with E-state index in [-0.39, 0.29) is 18.1 Å². The molecule has 1 aromatic rings. The maximum atomic E-state index is 11.5. The summed E-state index contributed by atoms with van der Waals surface area (Å²) in [5, 5.41) is 11.8. The Morgan fingerprint density at radius 3 is 2.76 bits per heavy atom. The fraction of sp³-hybridized carbons (Fsp3) is 0.500. The van der Waals surface area contributed by atoms with Crippen LogP contribution in [0.25, 0.3) is 0 Å². The molecule has 5 heteroatoms. The molecule has 0 unspecified atom stereocenters. The van der Waals surface area contributed by atoms with E-state index in [1.165, 1.54) is 0 Å². The molecule has 0 bridgehead atoms. The fourth-order valence-electron chi connectivity index (χ4n) is 1.34. The minimum atomic E-state index is -0.388. The van der Waals surface area contributed by atoms with Gasteiger partial charge in [-0.3, -0.25) is 9.78 Å². The molecule has 0 fully saturated rings. The molecule has 0 aliphatic rings. The number of hydrogen-bond acceptors (Lipinski definition) is 4. The standard InChI is InChI=1S/C12H19N3O2/c1-12(2,8-16)15(4)9-5-6-14-10(7-9)11(17)13-3/h5-7,16H,8H2,1-4H3,(H,13,17). The summed E-state index contributed by atoms with van der Waals surface area (Å²) in [5.74, 6) is -0.220. The van der Waals surface area contributed by atoms with Crippen molar-refractivity contribution >= 4 is 11.6 Å². The van der Waals surface area contributed by atoms with Gasteiger partial charge in [0.05, 0.1) is 12.1 Å². The van der Waals surface area contributed by atoms with Crippen LogP contribution in [0.4, 0.5) is 5.69 Å². The number of carbonyl (C=O) groups is 1. The van der Waals surface area contributed by atoms with Crippen LogP contribution < -0.4 is 10.2 Å². The zero-order chi connectivity index (χ0) is 13.1. The van der Waals surface area contributed by atoms with E-state index in [1.807, 2.05) is 31.9 Å². The van der Waals surface area contributed by atoms with Gasteiger partial charge in [0.15, 0.2) is 0 Å². The van der Waals surface area contributed by atoms with Crippen molar-refractivity contribution in [1.29, 1.82) is 0 Å². The fourth-order valence-corrected chi connectivity index (χ4v) is 1.34. The highest BCUT2D eigenvalue weighted by Gasteiger charge is 2.23. The molecule has 0 aliphatic heterocycles. The molecule has 1 rings (SSSR count). The normalized spacial score (nSPS) is 11.1. The van der Waals surface area contributed by atoms with Crippen LogP contribution in [0.15, 0.2) is 18.3 Å². The third kappa shape index (κ3) is 2.94. The first-order chi connectivity index (χ1) is 7.92. The number of nitrogens with one attached hydrogen (secondary N) is 1. The number of likely N-dealkylation sites (N-methyl/N-ethyl adjacent to an activating group) is 1. The van der Waals surface area contributed by atoms with Gasteiger partial charge in [-0.25, -0.2) is 0 Å². The van der Waals surface area contributed by atoms with Gasteiger partial charge in [-0.2, -0.15) is 0 Å². The van der Waals surface area contributed by atoms with Crippen LogP contribution in [-0.2, 0) is 0 Å². The number of aromatic nitrogens is 1. The molecule has 0 spiro atoms. The minimum Gasteiger partial charge on any atom is -0.394 e. The molecular weight excluding hydrogens is 218 g/mol. The lowest BCUT2D eigenvalue weighted by Gasteiger charge is -2.35. The van der Waals surface area contributed by atoms with Crippen molar-refractivity contribution in [2.45, 2.75) is 19.4 Å². The number of carbonyl (C=O) groups excluding carboxylic acids is 1. The number of pyridine rings is 1. The lowest BCUT2D eigenvalue weighted by Crippen LogP contribution is -2.44. The van der Waals surface area contributed by atoms with Crippen LogP contribution in [0, 0.1) is 0 Å². The van der Waals surface area contributed by atoms with Crippen molar-refractivity contribution in [3.05, 3.63) is 24.0 Å². The topological polar surface area (TPSA) is 65.5 Å². The number of nitrogens with zero attached hydrogens (tertiary/aromatic N) is 2. The highest BCUT2D eigenvalue weighted by Crippen LogP contribution is 2.21. The van der Waals surface area contributed by atoms with Crippen molar-refractivity contribution in [2.75, 3.05) is 25.6 Å². The Labute approximate surface area is 101 Å². The molecule has 17 heavy (non-hydrogen) atoms. The third-order valence-electron chi connectivity index (χ3n) is 2.89. The second kappa shape index (κ2) is 5.14.